The molecule has 1 aliphatic heterocycles. The molecule has 0 saturated carbocycles. The summed E-state index contributed by atoms with van der Waals surface area (Å²) in [7, 11) is 3.10. The summed E-state index contributed by atoms with van der Waals surface area (Å²) >= 11 is 0. The highest BCUT2D eigenvalue weighted by atomic mass is 16.5. The minimum absolute atomic E-state index is 0.0917. The van der Waals surface area contributed by atoms with Gasteiger partial charge in [0.1, 0.15) is 11.5 Å². The first-order valence-corrected chi connectivity index (χ1v) is 10.5. The Labute approximate surface area is 183 Å². The highest BCUT2D eigenvalue weighted by Crippen LogP contribution is 2.24. The molecule has 166 valence electrons. The molecule has 7 nitrogen and oxygen atoms in total. The molecular formula is C24H31N3O4. The van der Waals surface area contributed by atoms with Gasteiger partial charge in [0.15, 0.2) is 0 Å². The van der Waals surface area contributed by atoms with Gasteiger partial charge in [-0.05, 0) is 55.9 Å². The summed E-state index contributed by atoms with van der Waals surface area (Å²) in [6, 6.07) is 11.0. The second kappa shape index (κ2) is 10.2. The topological polar surface area (TPSA) is 79.9 Å². The van der Waals surface area contributed by atoms with Gasteiger partial charge in [-0.1, -0.05) is 18.2 Å². The van der Waals surface area contributed by atoms with Gasteiger partial charge in [-0.3, -0.25) is 4.79 Å². The van der Waals surface area contributed by atoms with Gasteiger partial charge in [-0.25, -0.2) is 4.79 Å². The second-order valence-corrected chi connectivity index (χ2v) is 7.96. The van der Waals surface area contributed by atoms with E-state index in [9.17, 15) is 9.59 Å². The van der Waals surface area contributed by atoms with E-state index in [1.165, 1.54) is 0 Å². The van der Waals surface area contributed by atoms with Gasteiger partial charge in [0.25, 0.3) is 5.91 Å². The fraction of sp³-hybridized carbons (Fsp3) is 0.417. The molecule has 0 radical (unpaired) electrons. The van der Waals surface area contributed by atoms with Crippen LogP contribution in [0.1, 0.15) is 34.3 Å². The maximum atomic E-state index is 12.8. The number of carbonyl (C=O) groups is 2. The van der Waals surface area contributed by atoms with Crippen molar-refractivity contribution in [2.45, 2.75) is 26.7 Å². The molecule has 7 heteroatoms. The van der Waals surface area contributed by atoms with Crippen LogP contribution >= 0.6 is 0 Å². The number of anilines is 1. The SMILES string of the molecule is COc1cc(OC)cc(C(=O)NC[C@@H]2CCCN(C(=O)Nc3c(C)cccc3C)C2)c1. The van der Waals surface area contributed by atoms with Crippen LogP contribution in [0, 0.1) is 19.8 Å². The lowest BCUT2D eigenvalue weighted by molar-refractivity contribution is 0.0938. The zero-order chi connectivity index (χ0) is 22.4. The standard InChI is InChI=1S/C24H31N3O4/c1-16-7-5-8-17(2)22(16)26-24(29)27-10-6-9-18(15-27)14-25-23(28)19-11-20(30-3)13-21(12-19)31-4/h5,7-8,11-13,18H,6,9-10,14-15H2,1-4H3,(H,25,28)(H,26,29)/t18-/m0/s1. The largest absolute Gasteiger partial charge is 0.497 e. The average Bonchev–Trinajstić information content (AvgIpc) is 2.79. The van der Waals surface area contributed by atoms with Crippen molar-refractivity contribution in [3.05, 3.63) is 53.1 Å². The molecule has 2 N–H and O–H groups in total. The van der Waals surface area contributed by atoms with Crippen molar-refractivity contribution in [3.63, 3.8) is 0 Å². The van der Waals surface area contributed by atoms with Crippen LogP contribution in [-0.4, -0.2) is 50.7 Å². The Balaban J connectivity index is 1.57. The summed E-state index contributed by atoms with van der Waals surface area (Å²) in [5.74, 6) is 1.15. The Morgan fingerprint density at radius 1 is 1.06 bits per heavy atom. The number of hydrogen-bond donors (Lipinski definition) is 2. The summed E-state index contributed by atoms with van der Waals surface area (Å²) in [6.07, 6.45) is 1.88. The smallest absolute Gasteiger partial charge is 0.321 e. The minimum Gasteiger partial charge on any atom is -0.497 e. The van der Waals surface area contributed by atoms with E-state index < -0.39 is 0 Å². The number of urea groups is 1. The molecule has 0 spiro atoms. The lowest BCUT2D eigenvalue weighted by Gasteiger charge is -2.33. The van der Waals surface area contributed by atoms with E-state index in [1.807, 2.05) is 36.9 Å². The van der Waals surface area contributed by atoms with Crippen molar-refractivity contribution in [2.24, 2.45) is 5.92 Å². The number of aryl methyl sites for hydroxylation is 2. The van der Waals surface area contributed by atoms with Gasteiger partial charge in [-0.15, -0.1) is 0 Å². The van der Waals surface area contributed by atoms with Crippen molar-refractivity contribution in [1.82, 2.24) is 10.2 Å². The maximum Gasteiger partial charge on any atom is 0.321 e. The fourth-order valence-corrected chi connectivity index (χ4v) is 3.89. The zero-order valence-electron chi connectivity index (χ0n) is 18.7. The number of benzene rings is 2. The molecule has 3 rings (SSSR count). The molecule has 1 fully saturated rings. The Morgan fingerprint density at radius 2 is 1.71 bits per heavy atom. The normalized spacial score (nSPS) is 15.9. The average molecular weight is 426 g/mol. The van der Waals surface area contributed by atoms with Gasteiger partial charge in [0.05, 0.1) is 14.2 Å². The van der Waals surface area contributed by atoms with Crippen LogP contribution in [0.4, 0.5) is 10.5 Å². The minimum atomic E-state index is -0.186. The number of ether oxygens (including phenoxy) is 2. The van der Waals surface area contributed by atoms with E-state index in [2.05, 4.69) is 10.6 Å². The lowest BCUT2D eigenvalue weighted by Crippen LogP contribution is -2.45. The Morgan fingerprint density at radius 3 is 2.32 bits per heavy atom. The third-order valence-corrected chi connectivity index (χ3v) is 5.68. The van der Waals surface area contributed by atoms with Gasteiger partial charge in [0, 0.05) is 37.0 Å². The number of nitrogens with zero attached hydrogens (tertiary/aromatic N) is 1. The zero-order valence-corrected chi connectivity index (χ0v) is 18.7. The number of para-hydroxylation sites is 1. The molecule has 1 saturated heterocycles. The number of likely N-dealkylation sites (tertiary alicyclic amines) is 1. The predicted octanol–water partition coefficient (Wildman–Crippen LogP) is 3.99. The van der Waals surface area contributed by atoms with Crippen molar-refractivity contribution in [2.75, 3.05) is 39.2 Å². The number of piperidine rings is 1. The first-order chi connectivity index (χ1) is 14.9. The number of amides is 3. The molecule has 1 aliphatic rings. The Bertz CT molecular complexity index is 902. The number of carbonyl (C=O) groups excluding carboxylic acids is 2. The molecule has 0 bridgehead atoms. The molecular weight excluding hydrogens is 394 g/mol. The van der Waals surface area contributed by atoms with Crippen LogP contribution < -0.4 is 20.1 Å². The third-order valence-electron chi connectivity index (χ3n) is 5.68. The van der Waals surface area contributed by atoms with Crippen molar-refractivity contribution >= 4 is 17.6 Å². The van der Waals surface area contributed by atoms with Crippen molar-refractivity contribution in [3.8, 4) is 11.5 Å². The lowest BCUT2D eigenvalue weighted by atomic mass is 9.98. The molecule has 2 aromatic carbocycles. The first-order valence-electron chi connectivity index (χ1n) is 10.5. The first kappa shape index (κ1) is 22.5. The summed E-state index contributed by atoms with van der Waals surface area (Å²) in [5, 5.41) is 6.05. The number of hydrogen-bond acceptors (Lipinski definition) is 4. The molecule has 0 unspecified atom stereocenters. The highest BCUT2D eigenvalue weighted by molar-refractivity contribution is 5.95. The molecule has 1 heterocycles. The molecule has 31 heavy (non-hydrogen) atoms. The molecule has 3 amide bonds. The second-order valence-electron chi connectivity index (χ2n) is 7.96. The number of rotatable bonds is 6. The van der Waals surface area contributed by atoms with Gasteiger partial charge in [-0.2, -0.15) is 0 Å². The summed E-state index contributed by atoms with van der Waals surface area (Å²) in [6.45, 7) is 5.81. The number of nitrogens with one attached hydrogen (secondary N) is 2. The molecule has 0 aromatic heterocycles. The Hall–Kier alpha value is -3.22. The number of methoxy groups -OCH3 is 2. The molecule has 2 aromatic rings. The van der Waals surface area contributed by atoms with E-state index in [-0.39, 0.29) is 17.9 Å². The van der Waals surface area contributed by atoms with Crippen LogP contribution in [0.25, 0.3) is 0 Å². The monoisotopic (exact) mass is 425 g/mol. The predicted molar refractivity (Wildman–Crippen MR) is 121 cm³/mol. The summed E-state index contributed by atoms with van der Waals surface area (Å²) < 4.78 is 10.5. The van der Waals surface area contributed by atoms with Gasteiger partial charge >= 0.3 is 6.03 Å². The van der Waals surface area contributed by atoms with E-state index in [4.69, 9.17) is 9.47 Å². The van der Waals surface area contributed by atoms with E-state index in [0.717, 1.165) is 29.7 Å². The van der Waals surface area contributed by atoms with Gasteiger partial charge in [0.2, 0.25) is 0 Å². The highest BCUT2D eigenvalue weighted by Gasteiger charge is 2.25. The van der Waals surface area contributed by atoms with E-state index >= 15 is 0 Å². The summed E-state index contributed by atoms with van der Waals surface area (Å²) in [5.41, 5.74) is 3.44. The van der Waals surface area contributed by atoms with Crippen molar-refractivity contribution in [1.29, 1.82) is 0 Å². The van der Waals surface area contributed by atoms with Crippen LogP contribution in [0.2, 0.25) is 0 Å². The Kier molecular flexibility index (Phi) is 7.39. The van der Waals surface area contributed by atoms with Crippen LogP contribution in [-0.2, 0) is 0 Å². The molecule has 1 atom stereocenters. The molecule has 0 aliphatic carbocycles. The fourth-order valence-electron chi connectivity index (χ4n) is 3.89. The maximum absolute atomic E-state index is 12.8. The third kappa shape index (κ3) is 5.69. The van der Waals surface area contributed by atoms with E-state index in [1.54, 1.807) is 32.4 Å². The van der Waals surface area contributed by atoms with Crippen LogP contribution in [0.15, 0.2) is 36.4 Å². The van der Waals surface area contributed by atoms with Crippen molar-refractivity contribution < 1.29 is 19.1 Å². The summed E-state index contributed by atoms with van der Waals surface area (Å²) in [4.78, 5) is 27.3. The van der Waals surface area contributed by atoms with Crippen LogP contribution in [0.3, 0.4) is 0 Å². The quantitative estimate of drug-likeness (QED) is 0.733. The van der Waals surface area contributed by atoms with Gasteiger partial charge < -0.3 is 25.0 Å². The van der Waals surface area contributed by atoms with E-state index in [0.29, 0.717) is 36.7 Å². The van der Waals surface area contributed by atoms with Crippen LogP contribution in [0.5, 0.6) is 11.5 Å².